The number of nitrogens with two attached hydrogens (primary N) is 1. The summed E-state index contributed by atoms with van der Waals surface area (Å²) in [5.74, 6) is 4.44. The number of carbonyl (C=O) groups excluding carboxylic acids is 1. The molecule has 2 aliphatic rings. The van der Waals surface area contributed by atoms with Crippen molar-refractivity contribution in [3.63, 3.8) is 0 Å². The van der Waals surface area contributed by atoms with E-state index in [0.717, 1.165) is 5.56 Å². The Morgan fingerprint density at radius 1 is 1.18 bits per heavy atom. The largest absolute Gasteiger partial charge is 0.381 e. The lowest BCUT2D eigenvalue weighted by Gasteiger charge is -2.40. The zero-order valence-electron chi connectivity index (χ0n) is 15.9. The molecule has 0 bridgehead atoms. The molecule has 0 spiro atoms. The predicted octanol–water partition coefficient (Wildman–Crippen LogP) is 1.21. The summed E-state index contributed by atoms with van der Waals surface area (Å²) in [7, 11) is -3.89. The van der Waals surface area contributed by atoms with Crippen molar-refractivity contribution in [1.29, 1.82) is 0 Å². The van der Waals surface area contributed by atoms with Crippen LogP contribution in [0.3, 0.4) is 0 Å². The Morgan fingerprint density at radius 3 is 2.43 bits per heavy atom. The number of rotatable bonds is 7. The highest BCUT2D eigenvalue weighted by Gasteiger charge is 2.55. The first-order valence-corrected chi connectivity index (χ1v) is 11.0. The van der Waals surface area contributed by atoms with E-state index in [-0.39, 0.29) is 26.1 Å². The maximum Gasteiger partial charge on any atom is 0.347 e. The molecule has 9 heteroatoms. The van der Waals surface area contributed by atoms with Gasteiger partial charge in [-0.25, -0.2) is 17.5 Å². The topological polar surface area (TPSA) is 108 Å². The minimum Gasteiger partial charge on any atom is -0.381 e. The first kappa shape index (κ1) is 21.2. The summed E-state index contributed by atoms with van der Waals surface area (Å²) in [4.78, 5) is 16.7. The van der Waals surface area contributed by atoms with E-state index in [1.807, 2.05) is 30.3 Å². The molecular formula is C19H28N2O6S. The third kappa shape index (κ3) is 4.38. The zero-order valence-corrected chi connectivity index (χ0v) is 16.7. The Labute approximate surface area is 165 Å². The maximum atomic E-state index is 13.3. The molecule has 28 heavy (non-hydrogen) atoms. The van der Waals surface area contributed by atoms with Gasteiger partial charge in [0.05, 0.1) is 6.61 Å². The van der Waals surface area contributed by atoms with Crippen molar-refractivity contribution in [1.82, 2.24) is 4.31 Å². The highest BCUT2D eigenvalue weighted by atomic mass is 32.2. The fourth-order valence-corrected chi connectivity index (χ4v) is 5.98. The number of hydrogen-bond acceptors (Lipinski definition) is 7. The standard InChI is InChI=1S/C19H28N2O6S/c20-27-18(22)19(8-12-25-13-9-19)28(23,24)21-10-6-17(7-11-21)15-26-14-16-4-2-1-3-5-16/h1-5,17H,6-15,20H2. The van der Waals surface area contributed by atoms with E-state index >= 15 is 0 Å². The molecule has 1 aromatic rings. The third-order valence-corrected chi connectivity index (χ3v) is 8.26. The van der Waals surface area contributed by atoms with Crippen molar-refractivity contribution < 1.29 is 27.5 Å². The molecular weight excluding hydrogens is 384 g/mol. The van der Waals surface area contributed by atoms with Crippen LogP contribution in [0.25, 0.3) is 0 Å². The van der Waals surface area contributed by atoms with Crippen molar-refractivity contribution in [3.05, 3.63) is 35.9 Å². The van der Waals surface area contributed by atoms with Crippen molar-refractivity contribution in [2.75, 3.05) is 32.9 Å². The summed E-state index contributed by atoms with van der Waals surface area (Å²) in [6.45, 7) is 2.25. The fourth-order valence-electron chi connectivity index (χ4n) is 3.86. The van der Waals surface area contributed by atoms with E-state index in [1.165, 1.54) is 4.31 Å². The van der Waals surface area contributed by atoms with Gasteiger partial charge in [0.1, 0.15) is 0 Å². The zero-order chi connectivity index (χ0) is 20.0. The van der Waals surface area contributed by atoms with Crippen molar-refractivity contribution in [3.8, 4) is 0 Å². The molecule has 1 aromatic carbocycles. The Morgan fingerprint density at radius 2 is 1.82 bits per heavy atom. The van der Waals surface area contributed by atoms with Crippen LogP contribution >= 0.6 is 0 Å². The lowest BCUT2D eigenvalue weighted by atomic mass is 9.99. The van der Waals surface area contributed by atoms with E-state index in [4.69, 9.17) is 15.4 Å². The summed E-state index contributed by atoms with van der Waals surface area (Å²) in [5.41, 5.74) is 1.12. The number of piperidine rings is 1. The van der Waals surface area contributed by atoms with Gasteiger partial charge in [-0.3, -0.25) is 0 Å². The number of carbonyl (C=O) groups is 1. The Bertz CT molecular complexity index is 741. The summed E-state index contributed by atoms with van der Waals surface area (Å²) in [6, 6.07) is 9.93. The van der Waals surface area contributed by atoms with Gasteiger partial charge in [-0.1, -0.05) is 30.3 Å². The average Bonchev–Trinajstić information content (AvgIpc) is 2.74. The molecule has 2 N–H and O–H groups in total. The molecule has 3 rings (SSSR count). The summed E-state index contributed by atoms with van der Waals surface area (Å²) in [6.07, 6.45) is 1.51. The van der Waals surface area contributed by atoms with Crippen LogP contribution in [0.1, 0.15) is 31.2 Å². The van der Waals surface area contributed by atoms with E-state index in [1.54, 1.807) is 0 Å². The van der Waals surface area contributed by atoms with Crippen LogP contribution in [0.15, 0.2) is 30.3 Å². The summed E-state index contributed by atoms with van der Waals surface area (Å²) in [5, 5.41) is 0. The molecule has 0 atom stereocenters. The van der Waals surface area contributed by atoms with Crippen LogP contribution in [-0.4, -0.2) is 56.3 Å². The molecule has 2 aliphatic heterocycles. The van der Waals surface area contributed by atoms with Crippen molar-refractivity contribution in [2.24, 2.45) is 11.8 Å². The van der Waals surface area contributed by atoms with Crippen LogP contribution in [0.5, 0.6) is 0 Å². The number of ether oxygens (including phenoxy) is 2. The molecule has 0 saturated carbocycles. The molecule has 8 nitrogen and oxygen atoms in total. The SMILES string of the molecule is NOC(=O)C1(S(=O)(=O)N2CCC(COCc3ccccc3)CC2)CCOCC1. The number of nitrogens with zero attached hydrogens (tertiary/aromatic N) is 1. The quantitative estimate of drug-likeness (QED) is 0.671. The average molecular weight is 413 g/mol. The Kier molecular flexibility index (Phi) is 7.05. The molecule has 2 heterocycles. The highest BCUT2D eigenvalue weighted by Crippen LogP contribution is 2.35. The second kappa shape index (κ2) is 9.32. The number of benzene rings is 1. The van der Waals surface area contributed by atoms with Gasteiger partial charge in [0.2, 0.25) is 10.0 Å². The van der Waals surface area contributed by atoms with E-state index < -0.39 is 20.7 Å². The lowest BCUT2D eigenvalue weighted by molar-refractivity contribution is -0.150. The first-order valence-electron chi connectivity index (χ1n) is 9.60. The molecule has 156 valence electrons. The minimum absolute atomic E-state index is 0.0610. The Balaban J connectivity index is 1.56. The van der Waals surface area contributed by atoms with Crippen molar-refractivity contribution in [2.45, 2.75) is 37.0 Å². The molecule has 2 fully saturated rings. The van der Waals surface area contributed by atoms with Gasteiger partial charge in [0, 0.05) is 45.8 Å². The van der Waals surface area contributed by atoms with E-state index in [0.29, 0.717) is 45.1 Å². The predicted molar refractivity (Wildman–Crippen MR) is 102 cm³/mol. The second-order valence-corrected chi connectivity index (χ2v) is 9.61. The molecule has 0 amide bonds. The van der Waals surface area contributed by atoms with Crippen LogP contribution in [-0.2, 0) is 35.7 Å². The van der Waals surface area contributed by atoms with E-state index in [2.05, 4.69) is 4.84 Å². The maximum absolute atomic E-state index is 13.3. The van der Waals surface area contributed by atoms with Crippen LogP contribution in [0, 0.1) is 5.92 Å². The molecule has 0 radical (unpaired) electrons. The molecule has 0 aromatic heterocycles. The fraction of sp³-hybridized carbons (Fsp3) is 0.632. The Hall–Kier alpha value is -1.52. The van der Waals surface area contributed by atoms with Gasteiger partial charge in [0.15, 0.2) is 4.75 Å². The molecule has 2 saturated heterocycles. The lowest BCUT2D eigenvalue weighted by Crippen LogP contribution is -2.58. The highest BCUT2D eigenvalue weighted by molar-refractivity contribution is 7.91. The van der Waals surface area contributed by atoms with Gasteiger partial charge in [0.25, 0.3) is 0 Å². The van der Waals surface area contributed by atoms with Gasteiger partial charge in [-0.15, -0.1) is 0 Å². The first-order chi connectivity index (χ1) is 13.5. The van der Waals surface area contributed by atoms with E-state index in [9.17, 15) is 13.2 Å². The monoisotopic (exact) mass is 412 g/mol. The van der Waals surface area contributed by atoms with Crippen molar-refractivity contribution >= 4 is 16.0 Å². The van der Waals surface area contributed by atoms with Crippen LogP contribution < -0.4 is 5.90 Å². The van der Waals surface area contributed by atoms with Gasteiger partial charge in [-0.05, 0) is 24.3 Å². The van der Waals surface area contributed by atoms with Crippen LogP contribution in [0.2, 0.25) is 0 Å². The van der Waals surface area contributed by atoms with Crippen LogP contribution in [0.4, 0.5) is 0 Å². The molecule has 0 unspecified atom stereocenters. The van der Waals surface area contributed by atoms with Gasteiger partial charge in [-0.2, -0.15) is 5.90 Å². The van der Waals surface area contributed by atoms with Gasteiger partial charge >= 0.3 is 5.97 Å². The second-order valence-electron chi connectivity index (χ2n) is 7.36. The number of sulfonamides is 1. The number of hydrogen-bond donors (Lipinski definition) is 1. The van der Waals surface area contributed by atoms with Gasteiger partial charge < -0.3 is 14.3 Å². The summed E-state index contributed by atoms with van der Waals surface area (Å²) < 4.78 is 37.3. The normalized spacial score (nSPS) is 21.3. The molecule has 0 aliphatic carbocycles. The smallest absolute Gasteiger partial charge is 0.347 e. The third-order valence-electron chi connectivity index (χ3n) is 5.65. The minimum atomic E-state index is -3.89. The summed E-state index contributed by atoms with van der Waals surface area (Å²) >= 11 is 0.